The second kappa shape index (κ2) is 4.59. The molecule has 0 saturated carbocycles. The zero-order valence-electron chi connectivity index (χ0n) is 12.0. The molecule has 0 aliphatic rings. The van der Waals surface area contributed by atoms with Gasteiger partial charge in [0, 0.05) is 25.0 Å². The summed E-state index contributed by atoms with van der Waals surface area (Å²) in [5.74, 6) is -0.00672. The maximum atomic E-state index is 12.6. The molecular formula is C14H14N6O. The maximum Gasteiger partial charge on any atom is 0.276 e. The molecule has 7 nitrogen and oxygen atoms in total. The molecular weight excluding hydrogens is 268 g/mol. The van der Waals surface area contributed by atoms with E-state index in [1.165, 1.54) is 10.7 Å². The monoisotopic (exact) mass is 282 g/mol. The molecule has 0 radical (unpaired) electrons. The Morgan fingerprint density at radius 1 is 1.43 bits per heavy atom. The standard InChI is InChI=1S/C14H14N6O/c1-8(2)11-12(10-4-5-19(3)18-10)17-13-9(6-15)7-16-20(13)14(11)21/h4-5,7-8,16H,1-3H3. The van der Waals surface area contributed by atoms with Crippen LogP contribution < -0.4 is 5.56 Å². The largest absolute Gasteiger partial charge is 0.295 e. The van der Waals surface area contributed by atoms with Crippen LogP contribution >= 0.6 is 0 Å². The van der Waals surface area contributed by atoms with Crippen LogP contribution in [0.3, 0.4) is 0 Å². The van der Waals surface area contributed by atoms with E-state index in [9.17, 15) is 4.79 Å². The summed E-state index contributed by atoms with van der Waals surface area (Å²) in [4.78, 5) is 17.2. The van der Waals surface area contributed by atoms with Gasteiger partial charge >= 0.3 is 0 Å². The molecule has 3 aromatic rings. The summed E-state index contributed by atoms with van der Waals surface area (Å²) in [6.07, 6.45) is 3.28. The fourth-order valence-corrected chi connectivity index (χ4v) is 2.37. The van der Waals surface area contributed by atoms with Gasteiger partial charge in [-0.15, -0.1) is 0 Å². The van der Waals surface area contributed by atoms with Crippen molar-refractivity contribution >= 4 is 5.65 Å². The highest BCUT2D eigenvalue weighted by molar-refractivity contribution is 5.65. The molecule has 1 N–H and O–H groups in total. The van der Waals surface area contributed by atoms with E-state index >= 15 is 0 Å². The van der Waals surface area contributed by atoms with Gasteiger partial charge in [0.1, 0.15) is 23.0 Å². The van der Waals surface area contributed by atoms with Gasteiger partial charge < -0.3 is 0 Å². The summed E-state index contributed by atoms with van der Waals surface area (Å²) >= 11 is 0. The van der Waals surface area contributed by atoms with Crippen molar-refractivity contribution in [3.8, 4) is 17.5 Å². The first-order valence-corrected chi connectivity index (χ1v) is 6.57. The van der Waals surface area contributed by atoms with Crippen LogP contribution in [-0.2, 0) is 7.05 Å². The van der Waals surface area contributed by atoms with E-state index in [0.29, 0.717) is 28.2 Å². The van der Waals surface area contributed by atoms with E-state index in [-0.39, 0.29) is 11.5 Å². The molecule has 0 spiro atoms. The zero-order valence-corrected chi connectivity index (χ0v) is 12.0. The van der Waals surface area contributed by atoms with Crippen molar-refractivity contribution in [1.29, 1.82) is 5.26 Å². The number of fused-ring (bicyclic) bond motifs is 1. The Hall–Kier alpha value is -2.88. The summed E-state index contributed by atoms with van der Waals surface area (Å²) in [7, 11) is 1.81. The first kappa shape index (κ1) is 13.1. The molecule has 0 aliphatic heterocycles. The van der Waals surface area contributed by atoms with Crippen LogP contribution in [0.1, 0.15) is 30.9 Å². The Kier molecular flexibility index (Phi) is 2.87. The Balaban J connectivity index is 2.44. The highest BCUT2D eigenvalue weighted by Gasteiger charge is 2.20. The molecule has 21 heavy (non-hydrogen) atoms. The number of hydrogen-bond acceptors (Lipinski definition) is 4. The van der Waals surface area contributed by atoms with E-state index in [0.717, 1.165) is 0 Å². The van der Waals surface area contributed by atoms with Crippen molar-refractivity contribution in [2.45, 2.75) is 19.8 Å². The van der Waals surface area contributed by atoms with Crippen molar-refractivity contribution in [3.05, 3.63) is 39.9 Å². The third-order valence-electron chi connectivity index (χ3n) is 3.35. The van der Waals surface area contributed by atoms with Crippen LogP contribution in [0.5, 0.6) is 0 Å². The van der Waals surface area contributed by atoms with Crippen LogP contribution in [0.4, 0.5) is 0 Å². The SMILES string of the molecule is CC(C)c1c(-c2ccn(C)n2)nc2c(C#N)c[nH]n2c1=O. The summed E-state index contributed by atoms with van der Waals surface area (Å²) in [5, 5.41) is 16.2. The number of nitrogens with one attached hydrogen (secondary N) is 1. The van der Waals surface area contributed by atoms with Crippen molar-refractivity contribution in [2.75, 3.05) is 0 Å². The lowest BCUT2D eigenvalue weighted by Gasteiger charge is -2.10. The molecule has 106 valence electrons. The number of H-pyrrole nitrogens is 1. The van der Waals surface area contributed by atoms with E-state index in [2.05, 4.69) is 15.2 Å². The fourth-order valence-electron chi connectivity index (χ4n) is 2.37. The Morgan fingerprint density at radius 2 is 2.19 bits per heavy atom. The topological polar surface area (TPSA) is 91.8 Å². The molecule has 7 heteroatoms. The van der Waals surface area contributed by atoms with Crippen molar-refractivity contribution in [1.82, 2.24) is 24.4 Å². The second-order valence-electron chi connectivity index (χ2n) is 5.17. The number of aromatic amines is 1. The highest BCUT2D eigenvalue weighted by Crippen LogP contribution is 2.24. The van der Waals surface area contributed by atoms with Crippen LogP contribution in [0.15, 0.2) is 23.3 Å². The molecule has 0 bridgehead atoms. The number of nitriles is 1. The van der Waals surface area contributed by atoms with Gasteiger partial charge in [0.05, 0.1) is 0 Å². The van der Waals surface area contributed by atoms with Crippen LogP contribution in [-0.4, -0.2) is 24.4 Å². The lowest BCUT2D eigenvalue weighted by molar-refractivity contribution is 0.763. The smallest absolute Gasteiger partial charge is 0.276 e. The van der Waals surface area contributed by atoms with E-state index in [4.69, 9.17) is 5.26 Å². The Morgan fingerprint density at radius 3 is 2.76 bits per heavy atom. The number of aromatic nitrogens is 5. The minimum absolute atomic E-state index is 0.00672. The van der Waals surface area contributed by atoms with Gasteiger partial charge in [0.25, 0.3) is 5.56 Å². The van der Waals surface area contributed by atoms with Gasteiger partial charge in [0.2, 0.25) is 0 Å². The van der Waals surface area contributed by atoms with Crippen molar-refractivity contribution in [2.24, 2.45) is 7.05 Å². The molecule has 0 amide bonds. The van der Waals surface area contributed by atoms with Gasteiger partial charge in [-0.05, 0) is 12.0 Å². The summed E-state index contributed by atoms with van der Waals surface area (Å²) in [5.41, 5.74) is 2.21. The quantitative estimate of drug-likeness (QED) is 0.769. The molecule has 3 heterocycles. The van der Waals surface area contributed by atoms with Gasteiger partial charge in [-0.25, -0.2) is 9.50 Å². The van der Waals surface area contributed by atoms with Crippen LogP contribution in [0, 0.1) is 11.3 Å². The average molecular weight is 282 g/mol. The normalized spacial score (nSPS) is 11.2. The lowest BCUT2D eigenvalue weighted by atomic mass is 10.0. The average Bonchev–Trinajstić information content (AvgIpc) is 3.03. The van der Waals surface area contributed by atoms with Crippen molar-refractivity contribution in [3.63, 3.8) is 0 Å². The molecule has 0 unspecified atom stereocenters. The minimum Gasteiger partial charge on any atom is -0.295 e. The zero-order chi connectivity index (χ0) is 15.1. The summed E-state index contributed by atoms with van der Waals surface area (Å²) in [6.45, 7) is 3.87. The predicted octanol–water partition coefficient (Wildman–Crippen LogP) is 1.42. The number of rotatable bonds is 2. The minimum atomic E-state index is -0.197. The molecule has 0 saturated heterocycles. The predicted molar refractivity (Wildman–Crippen MR) is 76.8 cm³/mol. The molecule has 0 atom stereocenters. The van der Waals surface area contributed by atoms with Gasteiger partial charge in [-0.1, -0.05) is 13.8 Å². The third kappa shape index (κ3) is 1.92. The second-order valence-corrected chi connectivity index (χ2v) is 5.17. The van der Waals surface area contributed by atoms with E-state index in [1.54, 1.807) is 17.9 Å². The molecule has 0 aromatic carbocycles. The lowest BCUT2D eigenvalue weighted by Crippen LogP contribution is -2.22. The molecule has 3 aromatic heterocycles. The van der Waals surface area contributed by atoms with Crippen molar-refractivity contribution < 1.29 is 0 Å². The van der Waals surface area contributed by atoms with Gasteiger partial charge in [-0.3, -0.25) is 14.6 Å². The van der Waals surface area contributed by atoms with E-state index in [1.807, 2.05) is 26.0 Å². The summed E-state index contributed by atoms with van der Waals surface area (Å²) in [6, 6.07) is 3.84. The third-order valence-corrected chi connectivity index (χ3v) is 3.35. The number of nitrogens with zero attached hydrogens (tertiary/aromatic N) is 5. The first-order valence-electron chi connectivity index (χ1n) is 6.57. The van der Waals surface area contributed by atoms with Gasteiger partial charge in [-0.2, -0.15) is 10.4 Å². The molecule has 0 fully saturated rings. The Labute approximate surface area is 120 Å². The Bertz CT molecular complexity index is 921. The first-order chi connectivity index (χ1) is 10.0. The number of aryl methyl sites for hydroxylation is 1. The molecule has 3 rings (SSSR count). The molecule has 0 aliphatic carbocycles. The highest BCUT2D eigenvalue weighted by atomic mass is 16.1. The van der Waals surface area contributed by atoms with Crippen LogP contribution in [0.2, 0.25) is 0 Å². The summed E-state index contributed by atoms with van der Waals surface area (Å²) < 4.78 is 2.96. The fraction of sp³-hybridized carbons (Fsp3) is 0.286. The number of hydrogen-bond donors (Lipinski definition) is 1. The van der Waals surface area contributed by atoms with E-state index < -0.39 is 0 Å². The van der Waals surface area contributed by atoms with Gasteiger partial charge in [0.15, 0.2) is 5.65 Å². The maximum absolute atomic E-state index is 12.6. The van der Waals surface area contributed by atoms with Crippen LogP contribution in [0.25, 0.3) is 17.0 Å².